The summed E-state index contributed by atoms with van der Waals surface area (Å²) in [5.41, 5.74) is 1.58. The molecule has 174 valence electrons. The smallest absolute Gasteiger partial charge is 0.241 e. The van der Waals surface area contributed by atoms with Crippen LogP contribution in [0.15, 0.2) is 24.3 Å². The molecule has 0 radical (unpaired) electrons. The van der Waals surface area contributed by atoms with Crippen molar-refractivity contribution in [1.82, 2.24) is 10.2 Å². The summed E-state index contributed by atoms with van der Waals surface area (Å²) in [6.07, 6.45) is 8.25. The lowest BCUT2D eigenvalue weighted by Gasteiger charge is -2.23. The Labute approximate surface area is 190 Å². The molecule has 32 heavy (non-hydrogen) atoms. The van der Waals surface area contributed by atoms with Crippen LogP contribution in [0.2, 0.25) is 0 Å². The topological polar surface area (TPSA) is 81.8 Å². The van der Waals surface area contributed by atoms with Gasteiger partial charge in [-0.25, -0.2) is 0 Å². The van der Waals surface area contributed by atoms with Crippen molar-refractivity contribution in [3.05, 3.63) is 24.3 Å². The first-order chi connectivity index (χ1) is 15.5. The van der Waals surface area contributed by atoms with E-state index in [2.05, 4.69) is 15.5 Å². The van der Waals surface area contributed by atoms with E-state index in [1.807, 2.05) is 31.2 Å². The average molecular weight is 441 g/mol. The third-order valence-electron chi connectivity index (χ3n) is 7.26. The van der Waals surface area contributed by atoms with Gasteiger partial charge < -0.3 is 15.5 Å². The molecule has 3 aliphatic rings. The first-order valence-electron chi connectivity index (χ1n) is 12.2. The van der Waals surface area contributed by atoms with Crippen molar-refractivity contribution < 1.29 is 14.4 Å². The number of nitrogens with zero attached hydrogens (tertiary/aromatic N) is 2. The molecule has 3 fully saturated rings. The highest BCUT2D eigenvalue weighted by molar-refractivity contribution is 5.97. The second-order valence-electron chi connectivity index (χ2n) is 9.61. The molecule has 2 N–H and O–H groups in total. The summed E-state index contributed by atoms with van der Waals surface area (Å²) >= 11 is 0. The van der Waals surface area contributed by atoms with Gasteiger partial charge in [0.15, 0.2) is 0 Å². The van der Waals surface area contributed by atoms with E-state index in [1.54, 1.807) is 4.90 Å². The van der Waals surface area contributed by atoms with Crippen LogP contribution in [0.5, 0.6) is 0 Å². The van der Waals surface area contributed by atoms with E-state index in [4.69, 9.17) is 0 Å². The maximum Gasteiger partial charge on any atom is 0.241 e. The molecule has 2 unspecified atom stereocenters. The summed E-state index contributed by atoms with van der Waals surface area (Å²) in [6.45, 7) is 5.08. The monoisotopic (exact) mass is 440 g/mol. The molecular weight excluding hydrogens is 404 g/mol. The molecule has 3 amide bonds. The maximum absolute atomic E-state index is 12.6. The van der Waals surface area contributed by atoms with Crippen molar-refractivity contribution in [2.45, 2.75) is 64.3 Å². The molecule has 7 nitrogen and oxygen atoms in total. The Morgan fingerprint density at radius 3 is 2.41 bits per heavy atom. The highest BCUT2D eigenvalue weighted by Gasteiger charge is 2.31. The van der Waals surface area contributed by atoms with E-state index in [9.17, 15) is 14.4 Å². The third-order valence-corrected chi connectivity index (χ3v) is 7.26. The zero-order chi connectivity index (χ0) is 22.5. The van der Waals surface area contributed by atoms with E-state index in [0.29, 0.717) is 19.5 Å². The van der Waals surface area contributed by atoms with Gasteiger partial charge in [0.1, 0.15) is 0 Å². The van der Waals surface area contributed by atoms with Crippen LogP contribution in [-0.4, -0.2) is 54.8 Å². The minimum absolute atomic E-state index is 0.00525. The second-order valence-corrected chi connectivity index (χ2v) is 9.61. The molecule has 2 saturated heterocycles. The molecule has 0 spiro atoms. The van der Waals surface area contributed by atoms with Crippen LogP contribution in [0.4, 0.5) is 11.4 Å². The van der Waals surface area contributed by atoms with Gasteiger partial charge in [0.25, 0.3) is 0 Å². The van der Waals surface area contributed by atoms with E-state index >= 15 is 0 Å². The molecule has 2 aliphatic heterocycles. The Bertz CT molecular complexity index is 813. The lowest BCUT2D eigenvalue weighted by molar-refractivity contribution is -0.126. The third kappa shape index (κ3) is 5.49. The molecule has 2 atom stereocenters. The first-order valence-corrected chi connectivity index (χ1v) is 12.2. The number of nitrogens with one attached hydrogen (secondary N) is 2. The Hall–Kier alpha value is -2.41. The highest BCUT2D eigenvalue weighted by Crippen LogP contribution is 2.27. The number of carbonyl (C=O) groups excluding carboxylic acids is 3. The fourth-order valence-electron chi connectivity index (χ4n) is 5.19. The predicted octanol–water partition coefficient (Wildman–Crippen LogP) is 3.16. The lowest BCUT2D eigenvalue weighted by Crippen LogP contribution is -2.40. The predicted molar refractivity (Wildman–Crippen MR) is 125 cm³/mol. The summed E-state index contributed by atoms with van der Waals surface area (Å²) in [6, 6.07) is 7.35. The fourth-order valence-corrected chi connectivity index (χ4v) is 5.19. The van der Waals surface area contributed by atoms with Crippen molar-refractivity contribution >= 4 is 29.1 Å². The van der Waals surface area contributed by atoms with Gasteiger partial charge in [0.05, 0.1) is 6.04 Å². The standard InChI is InChI=1S/C25H36N4O3/c1-18(28-13-5-6-14-28)24(31)27-21-9-11-22(12-10-21)29-17-19(15-23(29)30)16-26-25(32)20-7-3-2-4-8-20/h9-12,18-20H,2-8,13-17H2,1H3,(H,26,32)(H,27,31). The zero-order valence-electron chi connectivity index (χ0n) is 19.1. The normalized spacial score (nSPS) is 23.3. The van der Waals surface area contributed by atoms with Crippen LogP contribution in [-0.2, 0) is 14.4 Å². The molecule has 4 rings (SSSR count). The maximum atomic E-state index is 12.6. The Morgan fingerprint density at radius 2 is 1.72 bits per heavy atom. The lowest BCUT2D eigenvalue weighted by atomic mass is 9.88. The van der Waals surface area contributed by atoms with Crippen LogP contribution < -0.4 is 15.5 Å². The van der Waals surface area contributed by atoms with E-state index in [1.165, 1.54) is 6.42 Å². The number of anilines is 2. The molecule has 1 aromatic rings. The van der Waals surface area contributed by atoms with Crippen LogP contribution >= 0.6 is 0 Å². The number of rotatable bonds is 7. The zero-order valence-corrected chi connectivity index (χ0v) is 19.1. The number of likely N-dealkylation sites (tertiary alicyclic amines) is 1. The highest BCUT2D eigenvalue weighted by atomic mass is 16.2. The average Bonchev–Trinajstić information content (AvgIpc) is 3.48. The summed E-state index contributed by atoms with van der Waals surface area (Å²) in [5.74, 6) is 0.523. The minimum atomic E-state index is -0.137. The van der Waals surface area contributed by atoms with Crippen molar-refractivity contribution in [3.8, 4) is 0 Å². The minimum Gasteiger partial charge on any atom is -0.356 e. The molecule has 0 bridgehead atoms. The van der Waals surface area contributed by atoms with Gasteiger partial charge in [0.2, 0.25) is 17.7 Å². The molecular formula is C25H36N4O3. The molecule has 7 heteroatoms. The molecule has 2 heterocycles. The van der Waals surface area contributed by atoms with Crippen LogP contribution in [0.25, 0.3) is 0 Å². The molecule has 1 aliphatic carbocycles. The number of benzene rings is 1. The molecule has 1 saturated carbocycles. The van der Waals surface area contributed by atoms with Gasteiger partial charge in [-0.1, -0.05) is 19.3 Å². The summed E-state index contributed by atoms with van der Waals surface area (Å²) in [5, 5.41) is 6.07. The number of hydrogen-bond donors (Lipinski definition) is 2. The van der Waals surface area contributed by atoms with Gasteiger partial charge in [-0.05, 0) is 70.0 Å². The fraction of sp³-hybridized carbons (Fsp3) is 0.640. The summed E-state index contributed by atoms with van der Waals surface area (Å²) in [4.78, 5) is 41.5. The van der Waals surface area contributed by atoms with Gasteiger partial charge in [-0.15, -0.1) is 0 Å². The largest absolute Gasteiger partial charge is 0.356 e. The number of amides is 3. The van der Waals surface area contributed by atoms with Gasteiger partial charge in [-0.3, -0.25) is 19.3 Å². The van der Waals surface area contributed by atoms with Crippen LogP contribution in [0.1, 0.15) is 58.3 Å². The Balaban J connectivity index is 1.26. The van der Waals surface area contributed by atoms with Crippen molar-refractivity contribution in [2.24, 2.45) is 11.8 Å². The first kappa shape index (κ1) is 22.8. The Morgan fingerprint density at radius 1 is 1.03 bits per heavy atom. The van der Waals surface area contributed by atoms with Crippen molar-refractivity contribution in [3.63, 3.8) is 0 Å². The van der Waals surface area contributed by atoms with Crippen molar-refractivity contribution in [2.75, 3.05) is 36.4 Å². The Kier molecular flexibility index (Phi) is 7.45. The van der Waals surface area contributed by atoms with E-state index < -0.39 is 0 Å². The summed E-state index contributed by atoms with van der Waals surface area (Å²) in [7, 11) is 0. The second kappa shape index (κ2) is 10.5. The number of carbonyl (C=O) groups is 3. The van der Waals surface area contributed by atoms with E-state index in [-0.39, 0.29) is 35.6 Å². The quantitative estimate of drug-likeness (QED) is 0.682. The van der Waals surface area contributed by atoms with Crippen LogP contribution in [0.3, 0.4) is 0 Å². The SMILES string of the molecule is CC(C(=O)Nc1ccc(N2CC(CNC(=O)C3CCCCC3)CC2=O)cc1)N1CCCC1. The molecule has 0 aromatic heterocycles. The van der Waals surface area contributed by atoms with Gasteiger partial charge >= 0.3 is 0 Å². The van der Waals surface area contributed by atoms with Gasteiger partial charge in [-0.2, -0.15) is 0 Å². The van der Waals surface area contributed by atoms with Gasteiger partial charge in [0, 0.05) is 42.7 Å². The van der Waals surface area contributed by atoms with Crippen molar-refractivity contribution in [1.29, 1.82) is 0 Å². The van der Waals surface area contributed by atoms with E-state index in [0.717, 1.165) is 63.0 Å². The number of hydrogen-bond acceptors (Lipinski definition) is 4. The summed E-state index contributed by atoms with van der Waals surface area (Å²) < 4.78 is 0. The van der Waals surface area contributed by atoms with Crippen LogP contribution in [0, 0.1) is 11.8 Å². The molecule has 1 aromatic carbocycles.